The molecule has 0 aromatic heterocycles. The summed E-state index contributed by atoms with van der Waals surface area (Å²) in [6.45, 7) is 6.69. The molecule has 0 aromatic rings. The maximum atomic E-state index is 12.5. The fraction of sp³-hybridized carbons (Fsp3) is 0.692. The van der Waals surface area contributed by atoms with Gasteiger partial charge in [-0.05, 0) is 20.3 Å². The van der Waals surface area contributed by atoms with Crippen LogP contribution in [0.4, 0.5) is 0 Å². The van der Waals surface area contributed by atoms with Crippen LogP contribution in [0.25, 0.3) is 0 Å². The molecule has 0 saturated heterocycles. The highest BCUT2D eigenvalue weighted by atomic mass is 32.1. The van der Waals surface area contributed by atoms with Crippen LogP contribution in [0.2, 0.25) is 0 Å². The molecule has 0 fully saturated rings. The van der Waals surface area contributed by atoms with Crippen molar-refractivity contribution in [2.75, 3.05) is 20.2 Å². The molecule has 0 spiro atoms. The van der Waals surface area contributed by atoms with Crippen LogP contribution >= 0.6 is 12.6 Å². The highest BCUT2D eigenvalue weighted by molar-refractivity contribution is 7.81. The van der Waals surface area contributed by atoms with Crippen molar-refractivity contribution >= 4 is 24.4 Å². The zero-order valence-electron chi connectivity index (χ0n) is 12.7. The molecule has 0 saturated carbocycles. The first kappa shape index (κ1) is 18.8. The smallest absolute Gasteiger partial charge is 0.273 e. The van der Waals surface area contributed by atoms with Crippen LogP contribution in [0.1, 0.15) is 33.6 Å². The van der Waals surface area contributed by atoms with E-state index < -0.39 is 0 Å². The van der Waals surface area contributed by atoms with Crippen LogP contribution in [0, 0.1) is 0 Å². The summed E-state index contributed by atoms with van der Waals surface area (Å²) in [5.41, 5.74) is 8.90. The first-order chi connectivity index (χ1) is 9.46. The Bertz CT molecular complexity index is 350. The lowest BCUT2D eigenvalue weighted by Crippen LogP contribution is -2.34. The first-order valence-corrected chi connectivity index (χ1v) is 7.30. The molecule has 20 heavy (non-hydrogen) atoms. The summed E-state index contributed by atoms with van der Waals surface area (Å²) in [4.78, 5) is 17.8. The maximum absolute atomic E-state index is 12.5. The number of hydrogen-bond donors (Lipinski definition) is 3. The Labute approximate surface area is 126 Å². The number of amides is 1. The van der Waals surface area contributed by atoms with E-state index in [1.165, 1.54) is 5.06 Å². The molecule has 0 aromatic carbocycles. The van der Waals surface area contributed by atoms with Crippen LogP contribution in [-0.2, 0) is 9.63 Å². The zero-order valence-corrected chi connectivity index (χ0v) is 13.6. The molecule has 1 amide bonds. The number of carbonyl (C=O) groups excluding carboxylic acids is 1. The number of rotatable bonds is 9. The van der Waals surface area contributed by atoms with E-state index in [2.05, 4.69) is 23.2 Å². The molecule has 0 radical (unpaired) electrons. The molecule has 3 N–H and O–H groups in total. The van der Waals surface area contributed by atoms with Crippen molar-refractivity contribution in [3.05, 3.63) is 11.6 Å². The van der Waals surface area contributed by atoms with Gasteiger partial charge in [-0.15, -0.1) is 0 Å². The number of amidine groups is 1. The molecule has 1 unspecified atom stereocenters. The number of hydrogen-bond acceptors (Lipinski definition) is 5. The van der Waals surface area contributed by atoms with Crippen molar-refractivity contribution in [1.29, 1.82) is 0 Å². The quantitative estimate of drug-likeness (QED) is 0.197. The summed E-state index contributed by atoms with van der Waals surface area (Å²) in [5.74, 6) is 0.151. The monoisotopic (exact) mass is 302 g/mol. The molecule has 7 heteroatoms. The third-order valence-corrected chi connectivity index (χ3v) is 2.43. The molecule has 1 atom stereocenters. The number of carbonyl (C=O) groups is 1. The Morgan fingerprint density at radius 1 is 1.55 bits per heavy atom. The molecule has 0 heterocycles. The van der Waals surface area contributed by atoms with Crippen molar-refractivity contribution in [2.45, 2.75) is 38.9 Å². The van der Waals surface area contributed by atoms with E-state index in [0.717, 1.165) is 6.42 Å². The predicted octanol–water partition coefficient (Wildman–Crippen LogP) is 1.30. The Kier molecular flexibility index (Phi) is 9.92. The number of thiol groups is 1. The summed E-state index contributed by atoms with van der Waals surface area (Å²) in [6.07, 6.45) is 2.85. The van der Waals surface area contributed by atoms with Gasteiger partial charge in [0.25, 0.3) is 5.91 Å². The van der Waals surface area contributed by atoms with Gasteiger partial charge in [-0.25, -0.2) is 5.06 Å². The van der Waals surface area contributed by atoms with E-state index in [1.807, 2.05) is 20.8 Å². The molecular weight excluding hydrogens is 276 g/mol. The van der Waals surface area contributed by atoms with Gasteiger partial charge >= 0.3 is 0 Å². The lowest BCUT2D eigenvalue weighted by molar-refractivity contribution is -0.180. The predicted molar refractivity (Wildman–Crippen MR) is 85.5 cm³/mol. The highest BCUT2D eigenvalue weighted by Gasteiger charge is 2.19. The van der Waals surface area contributed by atoms with Gasteiger partial charge in [0.05, 0.1) is 6.61 Å². The van der Waals surface area contributed by atoms with Crippen molar-refractivity contribution in [2.24, 2.45) is 10.8 Å². The molecule has 0 rings (SSSR count). The van der Waals surface area contributed by atoms with Crippen molar-refractivity contribution < 1.29 is 9.63 Å². The van der Waals surface area contributed by atoms with Crippen molar-refractivity contribution in [3.8, 4) is 0 Å². The zero-order chi connectivity index (χ0) is 15.5. The maximum Gasteiger partial charge on any atom is 0.273 e. The lowest BCUT2D eigenvalue weighted by atomic mass is 10.1. The Morgan fingerprint density at radius 2 is 2.20 bits per heavy atom. The minimum atomic E-state index is -0.191. The van der Waals surface area contributed by atoms with E-state index in [0.29, 0.717) is 24.6 Å². The average Bonchev–Trinajstić information content (AvgIpc) is 2.36. The van der Waals surface area contributed by atoms with Crippen LogP contribution in [-0.4, -0.2) is 42.3 Å². The largest absolute Gasteiger partial charge is 0.385 e. The molecule has 0 aliphatic rings. The van der Waals surface area contributed by atoms with Crippen LogP contribution in [0.3, 0.4) is 0 Å². The number of nitrogens with two attached hydrogens (primary N) is 1. The Morgan fingerprint density at radius 3 is 2.65 bits per heavy atom. The molecule has 6 nitrogen and oxygen atoms in total. The second-order valence-corrected chi connectivity index (χ2v) is 5.08. The molecule has 0 aliphatic heterocycles. The topological polar surface area (TPSA) is 80.0 Å². The fourth-order valence-corrected chi connectivity index (χ4v) is 1.80. The van der Waals surface area contributed by atoms with Gasteiger partial charge in [0.1, 0.15) is 5.84 Å². The standard InChI is InChI=1S/C13H26N4O2S/c1-5-7-17(19-6-2)13(18)11(8-10(3)20)9-12(14)16-15-4/h8,10,15,20H,5-7,9H2,1-4H3,(H2,14,16)/b11-8+. The van der Waals surface area contributed by atoms with Gasteiger partial charge in [-0.1, -0.05) is 13.0 Å². The van der Waals surface area contributed by atoms with Gasteiger partial charge in [0.15, 0.2) is 0 Å². The first-order valence-electron chi connectivity index (χ1n) is 6.78. The van der Waals surface area contributed by atoms with Gasteiger partial charge in [0.2, 0.25) is 0 Å². The van der Waals surface area contributed by atoms with Crippen molar-refractivity contribution in [1.82, 2.24) is 10.5 Å². The third-order valence-electron chi connectivity index (χ3n) is 2.28. The van der Waals surface area contributed by atoms with Crippen LogP contribution < -0.4 is 11.2 Å². The van der Waals surface area contributed by atoms with E-state index in [9.17, 15) is 4.79 Å². The van der Waals surface area contributed by atoms with Crippen molar-refractivity contribution in [3.63, 3.8) is 0 Å². The number of hydroxylamine groups is 2. The minimum Gasteiger partial charge on any atom is -0.385 e. The SMILES string of the molecule is CCCN(OCC)C(=O)/C(=C/C(C)S)C/C(N)=N\NC. The number of nitrogens with zero attached hydrogens (tertiary/aromatic N) is 2. The highest BCUT2D eigenvalue weighted by Crippen LogP contribution is 2.12. The number of hydrazone groups is 1. The molecule has 116 valence electrons. The third kappa shape index (κ3) is 7.40. The van der Waals surface area contributed by atoms with Gasteiger partial charge < -0.3 is 11.2 Å². The van der Waals surface area contributed by atoms with Gasteiger partial charge in [-0.3, -0.25) is 9.63 Å². The summed E-state index contributed by atoms with van der Waals surface area (Å²) in [6, 6.07) is 0. The van der Waals surface area contributed by atoms with Crippen LogP contribution in [0.15, 0.2) is 16.8 Å². The molecule has 0 aliphatic carbocycles. The summed E-state index contributed by atoms with van der Waals surface area (Å²) >= 11 is 4.30. The van der Waals surface area contributed by atoms with E-state index >= 15 is 0 Å². The number of nitrogens with one attached hydrogen (secondary N) is 1. The lowest BCUT2D eigenvalue weighted by Gasteiger charge is -2.22. The minimum absolute atomic E-state index is 0.0542. The van der Waals surface area contributed by atoms with Gasteiger partial charge in [0, 0.05) is 30.8 Å². The van der Waals surface area contributed by atoms with E-state index in [4.69, 9.17) is 10.6 Å². The second-order valence-electron chi connectivity index (χ2n) is 4.26. The second kappa shape index (κ2) is 10.6. The fourth-order valence-electron chi connectivity index (χ4n) is 1.62. The molecule has 0 bridgehead atoms. The summed E-state index contributed by atoms with van der Waals surface area (Å²) < 4.78 is 0. The van der Waals surface area contributed by atoms with Crippen LogP contribution in [0.5, 0.6) is 0 Å². The Balaban J connectivity index is 5.10. The summed E-state index contributed by atoms with van der Waals surface area (Å²) in [7, 11) is 1.66. The molecular formula is C13H26N4O2S. The van der Waals surface area contributed by atoms with E-state index in [1.54, 1.807) is 13.1 Å². The summed E-state index contributed by atoms with van der Waals surface area (Å²) in [5, 5.41) is 5.19. The normalized spacial score (nSPS) is 14.1. The van der Waals surface area contributed by atoms with Gasteiger partial charge in [-0.2, -0.15) is 17.7 Å². The average molecular weight is 302 g/mol. The Hall–Kier alpha value is -1.21. The van der Waals surface area contributed by atoms with E-state index in [-0.39, 0.29) is 17.6 Å².